The molecule has 0 aliphatic carbocycles. The second-order valence-corrected chi connectivity index (χ2v) is 5.88. The Morgan fingerprint density at radius 2 is 2.18 bits per heavy atom. The summed E-state index contributed by atoms with van der Waals surface area (Å²) in [6.07, 6.45) is 0.845. The van der Waals surface area contributed by atoms with Crippen LogP contribution in [0, 0.1) is 0 Å². The monoisotopic (exact) mass is 344 g/mol. The Labute approximate surface area is 139 Å². The molecule has 0 aliphatic rings. The van der Waals surface area contributed by atoms with Crippen molar-refractivity contribution in [3.8, 4) is 5.75 Å². The van der Waals surface area contributed by atoms with Gasteiger partial charge in [0.2, 0.25) is 0 Å². The fourth-order valence-electron chi connectivity index (χ4n) is 1.96. The highest BCUT2D eigenvalue weighted by molar-refractivity contribution is 6.34. The average Bonchev–Trinajstić information content (AvgIpc) is 2.85. The fraction of sp³-hybridized carbons (Fsp3) is 0.429. The van der Waals surface area contributed by atoms with Gasteiger partial charge in [0.15, 0.2) is 0 Å². The van der Waals surface area contributed by atoms with E-state index in [0.29, 0.717) is 28.9 Å². The second kappa shape index (κ2) is 7.78. The highest BCUT2D eigenvalue weighted by Crippen LogP contribution is 2.27. The molecule has 1 aromatic heterocycles. The van der Waals surface area contributed by atoms with Crippen molar-refractivity contribution in [3.63, 3.8) is 0 Å². The van der Waals surface area contributed by atoms with E-state index in [4.69, 9.17) is 27.9 Å². The van der Waals surface area contributed by atoms with Gasteiger partial charge in [0, 0.05) is 24.7 Å². The third-order valence-corrected chi connectivity index (χ3v) is 3.61. The number of halogens is 2. The number of benzene rings is 1. The molecular weight excluding hydrogens is 327 g/mol. The lowest BCUT2D eigenvalue weighted by Gasteiger charge is -2.20. The number of rotatable bonds is 7. The summed E-state index contributed by atoms with van der Waals surface area (Å²) in [6, 6.07) is 4.97. The molecular formula is C14H18Cl2N4O2. The van der Waals surface area contributed by atoms with Crippen molar-refractivity contribution in [2.24, 2.45) is 7.05 Å². The van der Waals surface area contributed by atoms with Gasteiger partial charge in [-0.2, -0.15) is 5.10 Å². The number of hydrogen-bond donors (Lipinski definition) is 1. The maximum atomic E-state index is 10.1. The molecule has 1 aromatic carbocycles. The molecule has 8 heteroatoms. The van der Waals surface area contributed by atoms with E-state index in [1.807, 2.05) is 19.0 Å². The summed E-state index contributed by atoms with van der Waals surface area (Å²) in [6.45, 7) is 1.15. The Balaban J connectivity index is 1.81. The summed E-state index contributed by atoms with van der Waals surface area (Å²) in [7, 11) is 3.72. The van der Waals surface area contributed by atoms with Gasteiger partial charge in [0.1, 0.15) is 30.6 Å². The quantitative estimate of drug-likeness (QED) is 0.832. The Morgan fingerprint density at radius 3 is 2.86 bits per heavy atom. The first-order valence-corrected chi connectivity index (χ1v) is 7.48. The van der Waals surface area contributed by atoms with Crippen molar-refractivity contribution in [2.45, 2.75) is 12.6 Å². The minimum atomic E-state index is -0.659. The van der Waals surface area contributed by atoms with Gasteiger partial charge >= 0.3 is 0 Å². The minimum Gasteiger partial charge on any atom is -0.489 e. The van der Waals surface area contributed by atoms with E-state index in [1.165, 1.54) is 6.33 Å². The van der Waals surface area contributed by atoms with Gasteiger partial charge in [0.05, 0.1) is 11.6 Å². The second-order valence-electron chi connectivity index (χ2n) is 5.04. The summed E-state index contributed by atoms with van der Waals surface area (Å²) in [5.74, 6) is 1.29. The summed E-state index contributed by atoms with van der Waals surface area (Å²) < 4.78 is 7.21. The van der Waals surface area contributed by atoms with Crippen LogP contribution in [-0.2, 0) is 13.6 Å². The average molecular weight is 345 g/mol. The largest absolute Gasteiger partial charge is 0.489 e. The normalized spacial score (nSPS) is 12.6. The standard InChI is InChI=1S/C14H18Cl2N4O2/c1-19(7-14-17-9-18-20(14)2)6-11(21)8-22-13-5-10(15)3-4-12(13)16/h3-5,9,11,21H,6-8H2,1-2H3. The minimum absolute atomic E-state index is 0.128. The van der Waals surface area contributed by atoms with Crippen molar-refractivity contribution in [1.29, 1.82) is 0 Å². The first-order chi connectivity index (χ1) is 10.5. The fourth-order valence-corrected chi connectivity index (χ4v) is 2.29. The van der Waals surface area contributed by atoms with Crippen LogP contribution in [-0.4, -0.2) is 51.1 Å². The van der Waals surface area contributed by atoms with Gasteiger partial charge in [-0.25, -0.2) is 4.98 Å². The van der Waals surface area contributed by atoms with E-state index in [2.05, 4.69) is 10.1 Å². The molecule has 22 heavy (non-hydrogen) atoms. The van der Waals surface area contributed by atoms with Crippen LogP contribution in [0.15, 0.2) is 24.5 Å². The van der Waals surface area contributed by atoms with Crippen LogP contribution in [0.5, 0.6) is 5.75 Å². The highest BCUT2D eigenvalue weighted by atomic mass is 35.5. The lowest BCUT2D eigenvalue weighted by Crippen LogP contribution is -2.33. The summed E-state index contributed by atoms with van der Waals surface area (Å²) in [5.41, 5.74) is 0. The summed E-state index contributed by atoms with van der Waals surface area (Å²) >= 11 is 11.9. The Morgan fingerprint density at radius 1 is 1.41 bits per heavy atom. The zero-order chi connectivity index (χ0) is 16.1. The zero-order valence-electron chi connectivity index (χ0n) is 12.4. The molecule has 1 N–H and O–H groups in total. The highest BCUT2D eigenvalue weighted by Gasteiger charge is 2.13. The lowest BCUT2D eigenvalue weighted by atomic mass is 10.3. The van der Waals surface area contributed by atoms with Crippen LogP contribution < -0.4 is 4.74 Å². The lowest BCUT2D eigenvalue weighted by molar-refractivity contribution is 0.0734. The van der Waals surface area contributed by atoms with E-state index in [-0.39, 0.29) is 6.61 Å². The Bertz CT molecular complexity index is 621. The number of likely N-dealkylation sites (N-methyl/N-ethyl adjacent to an activating group) is 1. The molecule has 0 aliphatic heterocycles. The molecule has 0 fully saturated rings. The van der Waals surface area contributed by atoms with Crippen molar-refractivity contribution in [2.75, 3.05) is 20.2 Å². The molecule has 2 rings (SSSR count). The van der Waals surface area contributed by atoms with Crippen molar-refractivity contribution in [3.05, 3.63) is 40.4 Å². The van der Waals surface area contributed by atoms with Crippen LogP contribution in [0.2, 0.25) is 10.0 Å². The van der Waals surface area contributed by atoms with Gasteiger partial charge in [-0.3, -0.25) is 9.58 Å². The molecule has 2 aromatic rings. The van der Waals surface area contributed by atoms with E-state index in [0.717, 1.165) is 5.82 Å². The SMILES string of the molecule is CN(Cc1ncnn1C)CC(O)COc1cc(Cl)ccc1Cl. The van der Waals surface area contributed by atoms with Crippen LogP contribution >= 0.6 is 23.2 Å². The molecule has 0 amide bonds. The van der Waals surface area contributed by atoms with E-state index in [9.17, 15) is 5.11 Å². The molecule has 0 bridgehead atoms. The van der Waals surface area contributed by atoms with Crippen LogP contribution in [0.3, 0.4) is 0 Å². The predicted molar refractivity (Wildman–Crippen MR) is 85.3 cm³/mol. The number of aliphatic hydroxyl groups excluding tert-OH is 1. The third kappa shape index (κ3) is 4.84. The summed E-state index contributed by atoms with van der Waals surface area (Å²) in [5, 5.41) is 15.1. The van der Waals surface area contributed by atoms with Gasteiger partial charge in [-0.1, -0.05) is 23.2 Å². The van der Waals surface area contributed by atoms with Crippen molar-refractivity contribution < 1.29 is 9.84 Å². The number of ether oxygens (including phenoxy) is 1. The van der Waals surface area contributed by atoms with E-state index in [1.54, 1.807) is 22.9 Å². The van der Waals surface area contributed by atoms with Gasteiger partial charge in [0.25, 0.3) is 0 Å². The Kier molecular flexibility index (Phi) is 6.02. The van der Waals surface area contributed by atoms with Crippen LogP contribution in [0.4, 0.5) is 0 Å². The maximum Gasteiger partial charge on any atom is 0.140 e. The summed E-state index contributed by atoms with van der Waals surface area (Å²) in [4.78, 5) is 6.09. The van der Waals surface area contributed by atoms with Gasteiger partial charge in [-0.05, 0) is 19.2 Å². The number of hydrogen-bond acceptors (Lipinski definition) is 5. The molecule has 120 valence electrons. The predicted octanol–water partition coefficient (Wildman–Crippen LogP) is 1.99. The smallest absolute Gasteiger partial charge is 0.140 e. The molecule has 6 nitrogen and oxygen atoms in total. The molecule has 0 saturated carbocycles. The first kappa shape index (κ1) is 17.0. The molecule has 0 spiro atoms. The van der Waals surface area contributed by atoms with Crippen molar-refractivity contribution >= 4 is 23.2 Å². The van der Waals surface area contributed by atoms with Crippen LogP contribution in [0.1, 0.15) is 5.82 Å². The molecule has 1 heterocycles. The Hall–Kier alpha value is -1.34. The number of aromatic nitrogens is 3. The zero-order valence-corrected chi connectivity index (χ0v) is 13.9. The number of nitrogens with zero attached hydrogens (tertiary/aromatic N) is 4. The first-order valence-electron chi connectivity index (χ1n) is 6.73. The molecule has 1 atom stereocenters. The number of aliphatic hydroxyl groups is 1. The number of aryl methyl sites for hydroxylation is 1. The van der Waals surface area contributed by atoms with Gasteiger partial charge < -0.3 is 9.84 Å². The molecule has 0 radical (unpaired) electrons. The van der Waals surface area contributed by atoms with E-state index < -0.39 is 6.10 Å². The molecule has 0 saturated heterocycles. The molecule has 1 unspecified atom stereocenters. The van der Waals surface area contributed by atoms with Crippen LogP contribution in [0.25, 0.3) is 0 Å². The third-order valence-electron chi connectivity index (χ3n) is 3.06. The van der Waals surface area contributed by atoms with E-state index >= 15 is 0 Å². The topological polar surface area (TPSA) is 63.4 Å². The van der Waals surface area contributed by atoms with Gasteiger partial charge in [-0.15, -0.1) is 0 Å². The van der Waals surface area contributed by atoms with Crippen molar-refractivity contribution in [1.82, 2.24) is 19.7 Å². The maximum absolute atomic E-state index is 10.1.